The van der Waals surface area contributed by atoms with Gasteiger partial charge in [-0.05, 0) is 37.2 Å². The molecule has 34 heavy (non-hydrogen) atoms. The summed E-state index contributed by atoms with van der Waals surface area (Å²) in [6, 6.07) is 10.0. The topological polar surface area (TPSA) is 52.7 Å². The predicted molar refractivity (Wildman–Crippen MR) is 141 cm³/mol. The molecule has 1 atom stereocenters. The Labute approximate surface area is 211 Å². The second-order valence-corrected chi connectivity index (χ2v) is 10.3. The van der Waals surface area contributed by atoms with Gasteiger partial charge in [0.05, 0.1) is 0 Å². The highest BCUT2D eigenvalue weighted by Gasteiger charge is 2.53. The molecule has 2 heterocycles. The number of halogens is 1. The molecule has 1 N–H and O–H groups in total. The summed E-state index contributed by atoms with van der Waals surface area (Å²) in [7, 11) is 0. The molecule has 6 heteroatoms. The summed E-state index contributed by atoms with van der Waals surface area (Å²) < 4.78 is 0. The lowest BCUT2D eigenvalue weighted by molar-refractivity contribution is -0.161. The summed E-state index contributed by atoms with van der Waals surface area (Å²) in [6.45, 7) is 5.42. The number of piperidine rings is 1. The van der Waals surface area contributed by atoms with Crippen LogP contribution in [0.2, 0.25) is 0 Å². The lowest BCUT2D eigenvalue weighted by Gasteiger charge is -2.52. The monoisotopic (exact) mass is 487 g/mol. The number of hydrogen-bond acceptors (Lipinski definition) is 3. The maximum Gasteiger partial charge on any atom is 0.246 e. The van der Waals surface area contributed by atoms with E-state index in [1.165, 1.54) is 37.7 Å². The smallest absolute Gasteiger partial charge is 0.246 e. The van der Waals surface area contributed by atoms with E-state index in [4.69, 9.17) is 0 Å². The molecule has 3 fully saturated rings. The van der Waals surface area contributed by atoms with Crippen LogP contribution in [0.5, 0.6) is 0 Å². The number of amides is 2. The Kier molecular flexibility index (Phi) is 10.0. The van der Waals surface area contributed by atoms with E-state index >= 15 is 0 Å². The van der Waals surface area contributed by atoms with Gasteiger partial charge in [0.2, 0.25) is 11.8 Å². The van der Waals surface area contributed by atoms with Crippen molar-refractivity contribution in [1.82, 2.24) is 15.1 Å². The van der Waals surface area contributed by atoms with E-state index in [1.807, 2.05) is 11.0 Å². The summed E-state index contributed by atoms with van der Waals surface area (Å²) in [4.78, 5) is 31.5. The normalized spacial score (nSPS) is 23.8. The summed E-state index contributed by atoms with van der Waals surface area (Å²) in [5, 5.41) is 3.20. The quantitative estimate of drug-likeness (QED) is 0.558. The zero-order valence-electron chi connectivity index (χ0n) is 20.7. The van der Waals surface area contributed by atoms with Crippen molar-refractivity contribution in [2.24, 2.45) is 5.92 Å². The number of carbonyl (C=O) groups excluding carboxylic acids is 2. The molecule has 4 rings (SSSR count). The lowest BCUT2D eigenvalue weighted by atomic mass is 9.79. The van der Waals surface area contributed by atoms with Crippen LogP contribution in [0.25, 0.3) is 6.08 Å². The van der Waals surface area contributed by atoms with E-state index < -0.39 is 5.54 Å². The Morgan fingerprint density at radius 1 is 1.06 bits per heavy atom. The minimum atomic E-state index is -0.658. The van der Waals surface area contributed by atoms with Gasteiger partial charge in [0.15, 0.2) is 0 Å². The molecule has 2 aliphatic heterocycles. The highest BCUT2D eigenvalue weighted by molar-refractivity contribution is 6.00. The Bertz CT molecular complexity index is 814. The number of carbonyl (C=O) groups is 2. The molecule has 2 amide bonds. The fourth-order valence-electron chi connectivity index (χ4n) is 5.94. The molecule has 188 valence electrons. The summed E-state index contributed by atoms with van der Waals surface area (Å²) in [5.41, 5.74) is 0.549. The highest BCUT2D eigenvalue weighted by atomic mass is 35.5. The highest BCUT2D eigenvalue weighted by Crippen LogP contribution is 2.36. The molecule has 1 aromatic rings. The summed E-state index contributed by atoms with van der Waals surface area (Å²) >= 11 is 0. The molecule has 1 spiro atoms. The van der Waals surface area contributed by atoms with Crippen LogP contribution in [0.3, 0.4) is 0 Å². The molecule has 1 unspecified atom stereocenters. The van der Waals surface area contributed by atoms with Gasteiger partial charge in [-0.1, -0.05) is 87.9 Å². The van der Waals surface area contributed by atoms with Gasteiger partial charge in [-0.25, -0.2) is 0 Å². The zero-order chi connectivity index (χ0) is 23.1. The molecule has 1 aromatic carbocycles. The number of likely N-dealkylation sites (tertiary alicyclic amines) is 1. The van der Waals surface area contributed by atoms with Crippen LogP contribution < -0.4 is 5.32 Å². The van der Waals surface area contributed by atoms with Crippen LogP contribution in [0.1, 0.15) is 76.7 Å². The molecule has 0 radical (unpaired) electrons. The number of nitrogens with one attached hydrogen (secondary N) is 1. The van der Waals surface area contributed by atoms with E-state index in [2.05, 4.69) is 53.6 Å². The Morgan fingerprint density at radius 3 is 2.44 bits per heavy atom. The predicted octanol–water partition coefficient (Wildman–Crippen LogP) is 5.05. The number of benzene rings is 1. The van der Waals surface area contributed by atoms with Crippen LogP contribution in [-0.2, 0) is 9.59 Å². The van der Waals surface area contributed by atoms with Crippen molar-refractivity contribution >= 4 is 30.3 Å². The van der Waals surface area contributed by atoms with E-state index in [1.54, 1.807) is 0 Å². The van der Waals surface area contributed by atoms with Crippen molar-refractivity contribution in [3.63, 3.8) is 0 Å². The first-order valence-electron chi connectivity index (χ1n) is 13.2. The van der Waals surface area contributed by atoms with Crippen molar-refractivity contribution in [3.05, 3.63) is 42.0 Å². The first kappa shape index (κ1) is 26.7. The number of piperazine rings is 1. The summed E-state index contributed by atoms with van der Waals surface area (Å²) in [6.07, 6.45) is 14.9. The summed E-state index contributed by atoms with van der Waals surface area (Å²) in [5.74, 6) is 0.845. The number of rotatable bonds is 8. The first-order chi connectivity index (χ1) is 16.1. The largest absolute Gasteiger partial charge is 0.342 e. The molecule has 1 saturated carbocycles. The standard InChI is InChI=1S/C28H41N3O2.ClH/c1-2-3-19-31-26(32)25(22-24-13-8-5-9-14-24)29-27(33)28(31)16-20-30(21-17-28)18-10-15-23-11-6-4-7-12-23;/h4,6-7,10-12,15,24-25H,2-3,5,8-9,13-14,16-22H2,1H3,(H,29,33);1H/b15-10+;. The molecular formula is C28H42ClN3O2. The van der Waals surface area contributed by atoms with Gasteiger partial charge in [0, 0.05) is 26.2 Å². The lowest BCUT2D eigenvalue weighted by Crippen LogP contribution is -2.73. The molecule has 5 nitrogen and oxygen atoms in total. The van der Waals surface area contributed by atoms with Crippen LogP contribution in [0, 0.1) is 5.92 Å². The average molecular weight is 488 g/mol. The molecular weight excluding hydrogens is 446 g/mol. The second kappa shape index (κ2) is 12.7. The van der Waals surface area contributed by atoms with Crippen LogP contribution >= 0.6 is 12.4 Å². The zero-order valence-corrected chi connectivity index (χ0v) is 21.5. The maximum absolute atomic E-state index is 13.6. The first-order valence-corrected chi connectivity index (χ1v) is 13.2. The minimum absolute atomic E-state index is 0. The van der Waals surface area contributed by atoms with Gasteiger partial charge in [-0.15, -0.1) is 12.4 Å². The minimum Gasteiger partial charge on any atom is -0.342 e. The molecule has 3 aliphatic rings. The van der Waals surface area contributed by atoms with Gasteiger partial charge in [-0.2, -0.15) is 0 Å². The van der Waals surface area contributed by atoms with Crippen LogP contribution in [0.15, 0.2) is 36.4 Å². The van der Waals surface area contributed by atoms with E-state index in [-0.39, 0.29) is 30.3 Å². The van der Waals surface area contributed by atoms with Gasteiger partial charge < -0.3 is 10.2 Å². The van der Waals surface area contributed by atoms with Crippen molar-refractivity contribution in [2.75, 3.05) is 26.2 Å². The second-order valence-electron chi connectivity index (χ2n) is 10.3. The van der Waals surface area contributed by atoms with Crippen molar-refractivity contribution in [1.29, 1.82) is 0 Å². The van der Waals surface area contributed by atoms with Crippen molar-refractivity contribution < 1.29 is 9.59 Å². The number of unbranched alkanes of at least 4 members (excludes halogenated alkanes) is 1. The number of hydrogen-bond donors (Lipinski definition) is 1. The third-order valence-electron chi connectivity index (χ3n) is 7.99. The third kappa shape index (κ3) is 6.23. The molecule has 1 aliphatic carbocycles. The van der Waals surface area contributed by atoms with E-state index in [0.717, 1.165) is 51.7 Å². The third-order valence-corrected chi connectivity index (χ3v) is 7.99. The fraction of sp³-hybridized carbons (Fsp3) is 0.643. The van der Waals surface area contributed by atoms with Gasteiger partial charge in [0.1, 0.15) is 11.6 Å². The SMILES string of the molecule is CCCCN1C(=O)C(CC2CCCCC2)NC(=O)C12CCN(C/C=C/c1ccccc1)CC2.Cl. The van der Waals surface area contributed by atoms with Gasteiger partial charge in [0.25, 0.3) is 0 Å². The molecule has 0 aromatic heterocycles. The van der Waals surface area contributed by atoms with Crippen LogP contribution in [-0.4, -0.2) is 59.4 Å². The van der Waals surface area contributed by atoms with Crippen LogP contribution in [0.4, 0.5) is 0 Å². The number of nitrogens with zero attached hydrogens (tertiary/aromatic N) is 2. The van der Waals surface area contributed by atoms with Gasteiger partial charge >= 0.3 is 0 Å². The van der Waals surface area contributed by atoms with Gasteiger partial charge in [-0.3, -0.25) is 14.5 Å². The fourth-order valence-corrected chi connectivity index (χ4v) is 5.94. The Balaban J connectivity index is 0.00000324. The Morgan fingerprint density at radius 2 is 1.76 bits per heavy atom. The van der Waals surface area contributed by atoms with E-state index in [9.17, 15) is 9.59 Å². The van der Waals surface area contributed by atoms with E-state index in [0.29, 0.717) is 12.5 Å². The molecule has 2 saturated heterocycles. The van der Waals surface area contributed by atoms with Crippen molar-refractivity contribution in [3.8, 4) is 0 Å². The van der Waals surface area contributed by atoms with Crippen molar-refractivity contribution in [2.45, 2.75) is 82.7 Å². The average Bonchev–Trinajstić information content (AvgIpc) is 2.85. The maximum atomic E-state index is 13.6. The Hall–Kier alpha value is -1.85. The molecule has 0 bridgehead atoms.